The molecule has 0 aliphatic heterocycles. The normalized spacial score (nSPS) is 10.1. The maximum Gasteiger partial charge on any atom is 0.143 e. The summed E-state index contributed by atoms with van der Waals surface area (Å²) in [5, 5.41) is 18.7. The fourth-order valence-electron chi connectivity index (χ4n) is 1.31. The van der Waals surface area contributed by atoms with Gasteiger partial charge in [0.25, 0.3) is 0 Å². The molecule has 0 fully saturated rings. The second kappa shape index (κ2) is 5.46. The summed E-state index contributed by atoms with van der Waals surface area (Å²) in [5.41, 5.74) is 2.21. The fourth-order valence-corrected chi connectivity index (χ4v) is 2.37. The van der Waals surface area contributed by atoms with E-state index in [4.69, 9.17) is 0 Å². The Bertz CT molecular complexity index is 619. The number of rotatable bonds is 2. The Morgan fingerprint density at radius 2 is 2.06 bits per heavy atom. The molecule has 0 spiro atoms. The van der Waals surface area contributed by atoms with Crippen LogP contribution in [0.15, 0.2) is 32.9 Å². The van der Waals surface area contributed by atoms with Crippen molar-refractivity contribution in [3.05, 3.63) is 39.6 Å². The summed E-state index contributed by atoms with van der Waals surface area (Å²) in [6.07, 6.45) is 1.71. The van der Waals surface area contributed by atoms with Gasteiger partial charge in [0.05, 0.1) is 11.3 Å². The summed E-state index contributed by atoms with van der Waals surface area (Å²) in [7, 11) is 0. The Balaban J connectivity index is 2.38. The van der Waals surface area contributed by atoms with Crippen LogP contribution in [0.2, 0.25) is 0 Å². The number of hydrogen-bond donors (Lipinski definition) is 0. The molecule has 90 valence electrons. The van der Waals surface area contributed by atoms with E-state index in [-0.39, 0.29) is 0 Å². The van der Waals surface area contributed by atoms with E-state index in [1.165, 1.54) is 11.8 Å². The Kier molecular flexibility index (Phi) is 3.94. The number of nitrogens with zero attached hydrogens (tertiary/aromatic N) is 4. The van der Waals surface area contributed by atoms with Crippen LogP contribution >= 0.6 is 27.7 Å². The highest BCUT2D eigenvalue weighted by Gasteiger charge is 2.12. The molecule has 4 nitrogen and oxygen atoms in total. The van der Waals surface area contributed by atoms with Gasteiger partial charge >= 0.3 is 0 Å². The average molecular weight is 321 g/mol. The highest BCUT2D eigenvalue weighted by Crippen LogP contribution is 2.29. The molecular weight excluding hydrogens is 312 g/mol. The molecule has 0 atom stereocenters. The Morgan fingerprint density at radius 3 is 2.67 bits per heavy atom. The first-order chi connectivity index (χ1) is 8.61. The summed E-state index contributed by atoms with van der Waals surface area (Å²) < 4.78 is 0.915. The van der Waals surface area contributed by atoms with Gasteiger partial charge in [0.2, 0.25) is 0 Å². The average Bonchev–Trinajstić information content (AvgIpc) is 2.37. The van der Waals surface area contributed by atoms with Gasteiger partial charge in [0, 0.05) is 10.7 Å². The molecule has 0 saturated carbocycles. The van der Waals surface area contributed by atoms with Gasteiger partial charge in [0.1, 0.15) is 16.1 Å². The highest BCUT2D eigenvalue weighted by atomic mass is 79.9. The molecule has 0 aromatic carbocycles. The van der Waals surface area contributed by atoms with Gasteiger partial charge in [-0.05, 0) is 59.2 Å². The smallest absolute Gasteiger partial charge is 0.143 e. The van der Waals surface area contributed by atoms with Gasteiger partial charge in [0.15, 0.2) is 0 Å². The molecule has 0 bridgehead atoms. The first-order valence-corrected chi connectivity index (χ1v) is 6.76. The molecule has 0 saturated heterocycles. The zero-order chi connectivity index (χ0) is 13.1. The van der Waals surface area contributed by atoms with Crippen LogP contribution in [0.1, 0.15) is 16.8 Å². The molecule has 2 aromatic rings. The molecule has 0 radical (unpaired) electrons. The number of aromatic nitrogens is 3. The Labute approximate surface area is 118 Å². The van der Waals surface area contributed by atoms with Gasteiger partial charge in [-0.25, -0.2) is 4.98 Å². The van der Waals surface area contributed by atoms with Gasteiger partial charge in [-0.15, -0.1) is 5.10 Å². The minimum Gasteiger partial charge on any atom is -0.248 e. The molecule has 0 aliphatic carbocycles. The SMILES string of the molecule is Cc1nnc(Sc2ccc(Br)cn2)c(C#N)c1C. The van der Waals surface area contributed by atoms with Gasteiger partial charge in [-0.3, -0.25) is 0 Å². The Morgan fingerprint density at radius 1 is 1.28 bits per heavy atom. The van der Waals surface area contributed by atoms with Crippen LogP contribution in [0.5, 0.6) is 0 Å². The monoisotopic (exact) mass is 320 g/mol. The molecule has 18 heavy (non-hydrogen) atoms. The molecule has 0 N–H and O–H groups in total. The molecule has 0 unspecified atom stereocenters. The first kappa shape index (κ1) is 13.0. The maximum atomic E-state index is 9.19. The van der Waals surface area contributed by atoms with Gasteiger partial charge < -0.3 is 0 Å². The number of nitriles is 1. The van der Waals surface area contributed by atoms with Crippen LogP contribution in [0.25, 0.3) is 0 Å². The Hall–Kier alpha value is -1.45. The van der Waals surface area contributed by atoms with Crippen molar-refractivity contribution >= 4 is 27.7 Å². The van der Waals surface area contributed by atoms with E-state index in [1.54, 1.807) is 6.20 Å². The standard InChI is InChI=1S/C12H9BrN4S/c1-7-8(2)16-17-12(10(7)5-14)18-11-4-3-9(13)6-15-11/h3-4,6H,1-2H3. The second-order valence-corrected chi connectivity index (χ2v) is 5.54. The minimum atomic E-state index is 0.567. The first-order valence-electron chi connectivity index (χ1n) is 5.15. The molecular formula is C12H9BrN4S. The van der Waals surface area contributed by atoms with E-state index in [9.17, 15) is 5.26 Å². The number of hydrogen-bond acceptors (Lipinski definition) is 5. The van der Waals surface area contributed by atoms with Crippen molar-refractivity contribution in [3.63, 3.8) is 0 Å². The lowest BCUT2D eigenvalue weighted by molar-refractivity contribution is 0.869. The van der Waals surface area contributed by atoms with Crippen LogP contribution in [-0.4, -0.2) is 15.2 Å². The third-order valence-corrected chi connectivity index (χ3v) is 3.83. The van der Waals surface area contributed by atoms with E-state index in [1.807, 2.05) is 26.0 Å². The third-order valence-electron chi connectivity index (χ3n) is 2.44. The summed E-state index contributed by atoms with van der Waals surface area (Å²) in [5.74, 6) is 0. The van der Waals surface area contributed by atoms with E-state index in [2.05, 4.69) is 37.2 Å². The largest absolute Gasteiger partial charge is 0.248 e. The van der Waals surface area contributed by atoms with Crippen molar-refractivity contribution in [2.24, 2.45) is 0 Å². The third kappa shape index (κ3) is 2.68. The summed E-state index contributed by atoms with van der Waals surface area (Å²) >= 11 is 4.67. The molecule has 2 heterocycles. The topological polar surface area (TPSA) is 62.5 Å². The summed E-state index contributed by atoms with van der Waals surface area (Å²) in [6, 6.07) is 5.94. The fraction of sp³-hybridized carbons (Fsp3) is 0.167. The molecule has 2 aromatic heterocycles. The molecule has 0 amide bonds. The van der Waals surface area contributed by atoms with E-state index >= 15 is 0 Å². The highest BCUT2D eigenvalue weighted by molar-refractivity contribution is 9.10. The second-order valence-electron chi connectivity index (χ2n) is 3.62. The number of aryl methyl sites for hydroxylation is 1. The summed E-state index contributed by atoms with van der Waals surface area (Å²) in [6.45, 7) is 3.72. The van der Waals surface area contributed by atoms with Crippen molar-refractivity contribution in [1.82, 2.24) is 15.2 Å². The lowest BCUT2D eigenvalue weighted by Gasteiger charge is -2.05. The van der Waals surface area contributed by atoms with Gasteiger partial charge in [-0.2, -0.15) is 10.4 Å². The number of pyridine rings is 1. The predicted molar refractivity (Wildman–Crippen MR) is 72.3 cm³/mol. The molecule has 0 aliphatic rings. The van der Waals surface area contributed by atoms with Crippen molar-refractivity contribution in [1.29, 1.82) is 5.26 Å². The van der Waals surface area contributed by atoms with Crippen molar-refractivity contribution in [2.75, 3.05) is 0 Å². The van der Waals surface area contributed by atoms with Gasteiger partial charge in [-0.1, -0.05) is 0 Å². The van der Waals surface area contributed by atoms with Crippen LogP contribution in [0.3, 0.4) is 0 Å². The number of halogens is 1. The lowest BCUT2D eigenvalue weighted by Crippen LogP contribution is -1.99. The van der Waals surface area contributed by atoms with Crippen LogP contribution in [0.4, 0.5) is 0 Å². The quantitative estimate of drug-likeness (QED) is 0.849. The van der Waals surface area contributed by atoms with Crippen molar-refractivity contribution in [2.45, 2.75) is 23.9 Å². The van der Waals surface area contributed by atoms with Crippen LogP contribution in [-0.2, 0) is 0 Å². The zero-order valence-electron chi connectivity index (χ0n) is 9.81. The summed E-state index contributed by atoms with van der Waals surface area (Å²) in [4.78, 5) is 4.24. The van der Waals surface area contributed by atoms with E-state index in [0.29, 0.717) is 10.6 Å². The van der Waals surface area contributed by atoms with Crippen LogP contribution < -0.4 is 0 Å². The zero-order valence-corrected chi connectivity index (χ0v) is 12.2. The maximum absolute atomic E-state index is 9.19. The predicted octanol–water partition coefficient (Wildman–Crippen LogP) is 3.27. The lowest BCUT2D eigenvalue weighted by atomic mass is 10.1. The van der Waals surface area contributed by atoms with Crippen LogP contribution in [0, 0.1) is 25.2 Å². The molecule has 2 rings (SSSR count). The van der Waals surface area contributed by atoms with Crippen molar-refractivity contribution < 1.29 is 0 Å². The van der Waals surface area contributed by atoms with Crippen molar-refractivity contribution in [3.8, 4) is 6.07 Å². The molecule has 6 heteroatoms. The van der Waals surface area contributed by atoms with E-state index in [0.717, 1.165) is 20.8 Å². The van der Waals surface area contributed by atoms with E-state index < -0.39 is 0 Å². The minimum absolute atomic E-state index is 0.567.